The summed E-state index contributed by atoms with van der Waals surface area (Å²) in [5.41, 5.74) is 3.90. The molecule has 1 aromatic heterocycles. The second-order valence-corrected chi connectivity index (χ2v) is 8.62. The summed E-state index contributed by atoms with van der Waals surface area (Å²) in [7, 11) is -3.84. The van der Waals surface area contributed by atoms with E-state index in [9.17, 15) is 13.2 Å². The van der Waals surface area contributed by atoms with Gasteiger partial charge in [0.1, 0.15) is 5.75 Å². The molecule has 0 radical (unpaired) electrons. The zero-order valence-corrected chi connectivity index (χ0v) is 18.0. The van der Waals surface area contributed by atoms with Crippen molar-refractivity contribution in [3.8, 4) is 5.75 Å². The van der Waals surface area contributed by atoms with Crippen LogP contribution in [0, 0.1) is 27.7 Å². The Balaban J connectivity index is 1.60. The lowest BCUT2D eigenvalue weighted by Crippen LogP contribution is -2.20. The number of hydrogen-bond acceptors (Lipinski definition) is 6. The van der Waals surface area contributed by atoms with E-state index in [2.05, 4.69) is 15.2 Å². The summed E-state index contributed by atoms with van der Waals surface area (Å²) in [5.74, 6) is 0.335. The van der Waals surface area contributed by atoms with Crippen LogP contribution >= 0.6 is 0 Å². The highest BCUT2D eigenvalue weighted by molar-refractivity contribution is 7.92. The quantitative estimate of drug-likeness (QED) is 0.592. The Morgan fingerprint density at radius 1 is 1.03 bits per heavy atom. The maximum atomic E-state index is 12.5. The average Bonchev–Trinajstić information content (AvgIpc) is 3.01. The predicted molar refractivity (Wildman–Crippen MR) is 113 cm³/mol. The molecule has 0 saturated heterocycles. The van der Waals surface area contributed by atoms with Gasteiger partial charge in [0.05, 0.1) is 10.6 Å². The molecule has 2 aromatic carbocycles. The number of benzene rings is 2. The van der Waals surface area contributed by atoms with Gasteiger partial charge in [-0.25, -0.2) is 13.1 Å². The Kier molecular flexibility index (Phi) is 6.12. The van der Waals surface area contributed by atoms with Gasteiger partial charge in [-0.3, -0.25) is 4.79 Å². The molecule has 1 heterocycles. The summed E-state index contributed by atoms with van der Waals surface area (Å²) in [5, 5.41) is 6.40. The van der Waals surface area contributed by atoms with E-state index in [1.54, 1.807) is 19.9 Å². The number of nitrogens with one attached hydrogen (secondary N) is 2. The molecule has 3 rings (SSSR count). The highest BCUT2D eigenvalue weighted by atomic mass is 32.2. The second-order valence-electron chi connectivity index (χ2n) is 6.93. The van der Waals surface area contributed by atoms with Crippen LogP contribution in [-0.2, 0) is 14.8 Å². The molecule has 2 N–H and O–H groups in total. The maximum absolute atomic E-state index is 12.5. The summed E-state index contributed by atoms with van der Waals surface area (Å²) in [6, 6.07) is 11.4. The zero-order valence-electron chi connectivity index (χ0n) is 17.1. The van der Waals surface area contributed by atoms with Crippen LogP contribution in [0.3, 0.4) is 0 Å². The van der Waals surface area contributed by atoms with Crippen LogP contribution in [0.1, 0.15) is 22.4 Å². The number of anilines is 2. The fourth-order valence-electron chi connectivity index (χ4n) is 2.56. The predicted octanol–water partition coefficient (Wildman–Crippen LogP) is 3.73. The lowest BCUT2D eigenvalue weighted by molar-refractivity contribution is -0.118. The van der Waals surface area contributed by atoms with Crippen molar-refractivity contribution < 1.29 is 22.5 Å². The molecule has 30 heavy (non-hydrogen) atoms. The minimum atomic E-state index is -3.84. The summed E-state index contributed by atoms with van der Waals surface area (Å²) >= 11 is 0. The van der Waals surface area contributed by atoms with Gasteiger partial charge in [-0.05, 0) is 75.2 Å². The molecular formula is C21H23N3O5S. The van der Waals surface area contributed by atoms with Gasteiger partial charge >= 0.3 is 0 Å². The highest BCUT2D eigenvalue weighted by Gasteiger charge is 2.19. The minimum Gasteiger partial charge on any atom is -0.484 e. The number of carbonyl (C=O) groups is 1. The summed E-state index contributed by atoms with van der Waals surface area (Å²) in [4.78, 5) is 12.1. The third-order valence-corrected chi connectivity index (χ3v) is 6.03. The smallest absolute Gasteiger partial charge is 0.264 e. The number of ether oxygens (including phenoxy) is 1. The number of carbonyl (C=O) groups excluding carboxylic acids is 1. The van der Waals surface area contributed by atoms with Gasteiger partial charge in [0.15, 0.2) is 6.61 Å². The Bertz CT molecular complexity index is 1170. The molecule has 0 spiro atoms. The standard InChI is InChI=1S/C21H23N3O5S/c1-13-5-8-18(11-14(13)2)28-12-20(25)22-17-6-9-19(10-7-17)30(26,27)24-21-15(3)16(4)23-29-21/h5-11,24H,12H2,1-4H3,(H,22,25). The van der Waals surface area contributed by atoms with Gasteiger partial charge in [-0.15, -0.1) is 0 Å². The van der Waals surface area contributed by atoms with Gasteiger partial charge in [-0.1, -0.05) is 11.2 Å². The van der Waals surface area contributed by atoms with Crippen LogP contribution in [0.2, 0.25) is 0 Å². The Hall–Kier alpha value is -3.33. The lowest BCUT2D eigenvalue weighted by Gasteiger charge is -2.10. The minimum absolute atomic E-state index is 0.0281. The van der Waals surface area contributed by atoms with Crippen molar-refractivity contribution in [3.05, 3.63) is 64.8 Å². The summed E-state index contributed by atoms with van der Waals surface area (Å²) in [6.07, 6.45) is 0. The highest BCUT2D eigenvalue weighted by Crippen LogP contribution is 2.22. The molecule has 0 saturated carbocycles. The van der Waals surface area contributed by atoms with Crippen molar-refractivity contribution >= 4 is 27.5 Å². The van der Waals surface area contributed by atoms with E-state index < -0.39 is 10.0 Å². The van der Waals surface area contributed by atoms with Gasteiger partial charge < -0.3 is 14.6 Å². The first-order chi connectivity index (χ1) is 14.2. The van der Waals surface area contributed by atoms with Gasteiger partial charge in [0.2, 0.25) is 5.88 Å². The fourth-order valence-corrected chi connectivity index (χ4v) is 3.61. The van der Waals surface area contributed by atoms with E-state index in [1.807, 2.05) is 26.0 Å². The average molecular weight is 429 g/mol. The zero-order chi connectivity index (χ0) is 21.9. The monoisotopic (exact) mass is 429 g/mol. The Morgan fingerprint density at radius 3 is 2.33 bits per heavy atom. The van der Waals surface area contributed by atoms with E-state index in [0.717, 1.165) is 11.1 Å². The van der Waals surface area contributed by atoms with E-state index in [0.29, 0.717) is 22.7 Å². The number of rotatable bonds is 7. The van der Waals surface area contributed by atoms with Crippen LogP contribution in [0.15, 0.2) is 51.9 Å². The number of nitrogens with zero attached hydrogens (tertiary/aromatic N) is 1. The largest absolute Gasteiger partial charge is 0.484 e. The third-order valence-electron chi connectivity index (χ3n) is 4.68. The summed E-state index contributed by atoms with van der Waals surface area (Å²) in [6.45, 7) is 7.24. The summed E-state index contributed by atoms with van der Waals surface area (Å²) < 4.78 is 37.9. The van der Waals surface area contributed by atoms with Crippen molar-refractivity contribution in [2.75, 3.05) is 16.6 Å². The normalized spacial score (nSPS) is 11.2. The molecule has 0 bridgehead atoms. The molecule has 0 fully saturated rings. The molecule has 8 nitrogen and oxygen atoms in total. The number of aryl methyl sites for hydroxylation is 3. The van der Waals surface area contributed by atoms with Crippen LogP contribution in [-0.4, -0.2) is 26.1 Å². The molecule has 0 aliphatic carbocycles. The van der Waals surface area contributed by atoms with Crippen molar-refractivity contribution in [2.24, 2.45) is 0 Å². The van der Waals surface area contributed by atoms with Crippen LogP contribution < -0.4 is 14.8 Å². The van der Waals surface area contributed by atoms with E-state index in [-0.39, 0.29) is 23.3 Å². The molecule has 0 aliphatic rings. The molecule has 0 unspecified atom stereocenters. The van der Waals surface area contributed by atoms with E-state index in [4.69, 9.17) is 9.26 Å². The number of hydrogen-bond donors (Lipinski definition) is 2. The third kappa shape index (κ3) is 4.98. The molecule has 3 aromatic rings. The number of aromatic nitrogens is 1. The first-order valence-electron chi connectivity index (χ1n) is 9.21. The number of sulfonamides is 1. The molecule has 1 amide bonds. The van der Waals surface area contributed by atoms with E-state index in [1.165, 1.54) is 24.3 Å². The molecule has 158 valence electrons. The molecule has 0 aliphatic heterocycles. The van der Waals surface area contributed by atoms with Crippen molar-refractivity contribution in [1.29, 1.82) is 0 Å². The van der Waals surface area contributed by atoms with Gasteiger partial charge in [0.25, 0.3) is 15.9 Å². The second kappa shape index (κ2) is 8.58. The van der Waals surface area contributed by atoms with Crippen LogP contribution in [0.5, 0.6) is 5.75 Å². The Labute approximate surface area is 175 Å². The molecular weight excluding hydrogens is 406 g/mol. The first-order valence-corrected chi connectivity index (χ1v) is 10.7. The first kappa shape index (κ1) is 21.4. The Morgan fingerprint density at radius 2 is 1.73 bits per heavy atom. The van der Waals surface area contributed by atoms with Crippen LogP contribution in [0.25, 0.3) is 0 Å². The fraction of sp³-hybridized carbons (Fsp3) is 0.238. The molecule has 0 atom stereocenters. The topological polar surface area (TPSA) is 111 Å². The van der Waals surface area contributed by atoms with Gasteiger partial charge in [0, 0.05) is 11.3 Å². The van der Waals surface area contributed by atoms with Crippen LogP contribution in [0.4, 0.5) is 11.6 Å². The lowest BCUT2D eigenvalue weighted by atomic mass is 10.1. The SMILES string of the molecule is Cc1ccc(OCC(=O)Nc2ccc(S(=O)(=O)Nc3onc(C)c3C)cc2)cc1C. The number of amides is 1. The van der Waals surface area contributed by atoms with Gasteiger partial charge in [-0.2, -0.15) is 0 Å². The van der Waals surface area contributed by atoms with Crippen molar-refractivity contribution in [3.63, 3.8) is 0 Å². The van der Waals surface area contributed by atoms with E-state index >= 15 is 0 Å². The van der Waals surface area contributed by atoms with Crippen molar-refractivity contribution in [2.45, 2.75) is 32.6 Å². The maximum Gasteiger partial charge on any atom is 0.264 e. The van der Waals surface area contributed by atoms with Crippen molar-refractivity contribution in [1.82, 2.24) is 5.16 Å². The molecule has 9 heteroatoms.